The van der Waals surface area contributed by atoms with E-state index in [-0.39, 0.29) is 43.6 Å². The molecule has 1 aromatic carbocycles. The van der Waals surface area contributed by atoms with Crippen LogP contribution < -0.4 is 15.4 Å². The maximum atomic E-state index is 12.7. The SMILES string of the molecule is [CH2]COC(=O)NC1CCC(CC2CCC(NC(=O)OC(COC(=O)C(=C)C)COc3ccccc3)CC2)CC1. The molecule has 2 aliphatic carbocycles. The van der Waals surface area contributed by atoms with Crippen LogP contribution in [0.25, 0.3) is 0 Å². The second kappa shape index (κ2) is 16.0. The van der Waals surface area contributed by atoms with Crippen molar-refractivity contribution in [2.45, 2.75) is 82.9 Å². The number of ether oxygens (including phenoxy) is 4. The summed E-state index contributed by atoms with van der Waals surface area (Å²) in [6.45, 7) is 8.76. The Balaban J connectivity index is 1.37. The van der Waals surface area contributed by atoms with Gasteiger partial charge in [-0.05, 0) is 95.6 Å². The van der Waals surface area contributed by atoms with Crippen molar-refractivity contribution < 1.29 is 33.3 Å². The van der Waals surface area contributed by atoms with Crippen molar-refractivity contribution in [3.8, 4) is 5.75 Å². The molecule has 9 nitrogen and oxygen atoms in total. The summed E-state index contributed by atoms with van der Waals surface area (Å²) >= 11 is 0. The Labute approximate surface area is 232 Å². The Morgan fingerprint density at radius 3 is 1.95 bits per heavy atom. The smallest absolute Gasteiger partial charge is 0.407 e. The van der Waals surface area contributed by atoms with Gasteiger partial charge < -0.3 is 29.6 Å². The summed E-state index contributed by atoms with van der Waals surface area (Å²) in [6, 6.07) is 9.44. The molecule has 2 amide bonds. The lowest BCUT2D eigenvalue weighted by Gasteiger charge is -2.34. The van der Waals surface area contributed by atoms with Gasteiger partial charge in [-0.1, -0.05) is 24.8 Å². The van der Waals surface area contributed by atoms with E-state index in [2.05, 4.69) is 24.1 Å². The molecule has 1 unspecified atom stereocenters. The van der Waals surface area contributed by atoms with Gasteiger partial charge in [0.15, 0.2) is 6.10 Å². The van der Waals surface area contributed by atoms with Crippen LogP contribution in [0.15, 0.2) is 42.5 Å². The number of rotatable bonds is 12. The van der Waals surface area contributed by atoms with Gasteiger partial charge in [-0.2, -0.15) is 0 Å². The lowest BCUT2D eigenvalue weighted by molar-refractivity contribution is -0.142. The highest BCUT2D eigenvalue weighted by Gasteiger charge is 2.29. The molecule has 1 atom stereocenters. The van der Waals surface area contributed by atoms with Crippen LogP contribution in [0.3, 0.4) is 0 Å². The highest BCUT2D eigenvalue weighted by Crippen LogP contribution is 2.35. The normalized spacial score (nSPS) is 23.5. The van der Waals surface area contributed by atoms with Gasteiger partial charge in [-0.15, -0.1) is 0 Å². The molecular weight excluding hydrogens is 500 g/mol. The zero-order valence-corrected chi connectivity index (χ0v) is 23.0. The molecule has 0 spiro atoms. The summed E-state index contributed by atoms with van der Waals surface area (Å²) in [5, 5.41) is 5.91. The van der Waals surface area contributed by atoms with Gasteiger partial charge in [0.2, 0.25) is 0 Å². The fourth-order valence-electron chi connectivity index (χ4n) is 5.32. The van der Waals surface area contributed by atoms with Crippen molar-refractivity contribution in [2.24, 2.45) is 11.8 Å². The summed E-state index contributed by atoms with van der Waals surface area (Å²) in [6.07, 6.45) is 7.67. The standard InChI is InChI=1S/C30H43N2O7/c1-4-36-29(34)31-24-14-10-22(11-15-24)18-23-12-16-25(17-13-23)32-30(35)39-27(20-38-28(33)21(2)3)19-37-26-8-6-5-7-9-26/h5-9,22-25,27H,1-2,4,10-20H2,3H3,(H,31,34)(H,32,35). The Bertz CT molecular complexity index is 922. The summed E-state index contributed by atoms with van der Waals surface area (Å²) in [7, 11) is 0. The first-order chi connectivity index (χ1) is 18.8. The van der Waals surface area contributed by atoms with Gasteiger partial charge in [-0.3, -0.25) is 0 Å². The maximum absolute atomic E-state index is 12.7. The molecule has 215 valence electrons. The van der Waals surface area contributed by atoms with E-state index < -0.39 is 18.2 Å². The van der Waals surface area contributed by atoms with Crippen LogP contribution in [0.1, 0.15) is 64.7 Å². The molecule has 3 rings (SSSR count). The summed E-state index contributed by atoms with van der Waals surface area (Å²) < 4.78 is 21.4. The van der Waals surface area contributed by atoms with Crippen molar-refractivity contribution >= 4 is 18.2 Å². The first kappa shape index (κ1) is 30.3. The van der Waals surface area contributed by atoms with Crippen LogP contribution in [0.5, 0.6) is 5.75 Å². The number of alkyl carbamates (subject to hydrolysis) is 2. The highest BCUT2D eigenvalue weighted by molar-refractivity contribution is 5.86. The molecule has 0 bridgehead atoms. The van der Waals surface area contributed by atoms with Crippen LogP contribution in [0.4, 0.5) is 9.59 Å². The van der Waals surface area contributed by atoms with Gasteiger partial charge in [0.25, 0.3) is 0 Å². The number of hydrogen-bond donors (Lipinski definition) is 2. The number of carbonyl (C=O) groups is 3. The second-order valence-electron chi connectivity index (χ2n) is 10.6. The molecule has 1 aromatic rings. The summed E-state index contributed by atoms with van der Waals surface area (Å²) in [4.78, 5) is 36.1. The van der Waals surface area contributed by atoms with Gasteiger partial charge >= 0.3 is 18.2 Å². The maximum Gasteiger partial charge on any atom is 0.407 e. The van der Waals surface area contributed by atoms with E-state index >= 15 is 0 Å². The quantitative estimate of drug-likeness (QED) is 0.208. The highest BCUT2D eigenvalue weighted by atomic mass is 16.6. The molecule has 2 fully saturated rings. The molecule has 2 saturated carbocycles. The first-order valence-corrected chi connectivity index (χ1v) is 14.0. The average Bonchev–Trinajstić information content (AvgIpc) is 2.93. The van der Waals surface area contributed by atoms with Crippen molar-refractivity contribution in [2.75, 3.05) is 19.8 Å². The number of nitrogens with one attached hydrogen (secondary N) is 2. The first-order valence-electron chi connectivity index (χ1n) is 14.0. The molecule has 0 aliphatic heterocycles. The third kappa shape index (κ3) is 11.2. The molecular formula is C30H43N2O7. The van der Waals surface area contributed by atoms with Gasteiger partial charge in [-0.25, -0.2) is 14.4 Å². The number of amides is 2. The zero-order chi connectivity index (χ0) is 28.0. The second-order valence-corrected chi connectivity index (χ2v) is 10.6. The van der Waals surface area contributed by atoms with Crippen molar-refractivity contribution in [1.29, 1.82) is 0 Å². The van der Waals surface area contributed by atoms with Crippen LogP contribution in [0, 0.1) is 18.8 Å². The number of esters is 1. The minimum atomic E-state index is -0.755. The Kier molecular flexibility index (Phi) is 12.4. The minimum Gasteiger partial charge on any atom is -0.490 e. The number of para-hydroxylation sites is 1. The van der Waals surface area contributed by atoms with E-state index in [1.54, 1.807) is 19.1 Å². The van der Waals surface area contributed by atoms with Crippen LogP contribution in [-0.2, 0) is 19.0 Å². The summed E-state index contributed by atoms with van der Waals surface area (Å²) in [5.41, 5.74) is 0.276. The molecule has 9 heteroatoms. The predicted octanol–water partition coefficient (Wildman–Crippen LogP) is 5.35. The Morgan fingerprint density at radius 2 is 1.41 bits per heavy atom. The fraction of sp³-hybridized carbons (Fsp3) is 0.600. The van der Waals surface area contributed by atoms with Gasteiger partial charge in [0.05, 0.1) is 6.61 Å². The van der Waals surface area contributed by atoms with Crippen LogP contribution in [0.2, 0.25) is 0 Å². The van der Waals surface area contributed by atoms with Crippen molar-refractivity contribution in [1.82, 2.24) is 10.6 Å². The lowest BCUT2D eigenvalue weighted by atomic mass is 9.76. The van der Waals surface area contributed by atoms with Crippen molar-refractivity contribution in [3.05, 3.63) is 49.4 Å². The van der Waals surface area contributed by atoms with E-state index in [1.807, 2.05) is 18.2 Å². The Hall–Kier alpha value is -3.23. The molecule has 0 saturated heterocycles. The van der Waals surface area contributed by atoms with E-state index in [9.17, 15) is 14.4 Å². The number of hydrogen-bond acceptors (Lipinski definition) is 7. The number of benzene rings is 1. The average molecular weight is 544 g/mol. The zero-order valence-electron chi connectivity index (χ0n) is 23.0. The van der Waals surface area contributed by atoms with Gasteiger partial charge in [0, 0.05) is 17.7 Å². The van der Waals surface area contributed by atoms with E-state index in [1.165, 1.54) is 6.42 Å². The molecule has 0 heterocycles. The number of carbonyl (C=O) groups excluding carboxylic acids is 3. The summed E-state index contributed by atoms with van der Waals surface area (Å²) in [5.74, 6) is 1.43. The van der Waals surface area contributed by atoms with E-state index in [0.717, 1.165) is 51.4 Å². The molecule has 2 N–H and O–H groups in total. The molecule has 1 radical (unpaired) electrons. The van der Waals surface area contributed by atoms with Crippen LogP contribution in [-0.4, -0.2) is 56.2 Å². The predicted molar refractivity (Wildman–Crippen MR) is 147 cm³/mol. The third-order valence-corrected chi connectivity index (χ3v) is 7.44. The molecule has 39 heavy (non-hydrogen) atoms. The monoisotopic (exact) mass is 543 g/mol. The van der Waals surface area contributed by atoms with E-state index in [0.29, 0.717) is 17.6 Å². The lowest BCUT2D eigenvalue weighted by Crippen LogP contribution is -2.42. The minimum absolute atomic E-state index is 0.0569. The van der Waals surface area contributed by atoms with Gasteiger partial charge in [0.1, 0.15) is 19.0 Å². The van der Waals surface area contributed by atoms with Crippen molar-refractivity contribution in [3.63, 3.8) is 0 Å². The largest absolute Gasteiger partial charge is 0.490 e. The third-order valence-electron chi connectivity index (χ3n) is 7.44. The molecule has 2 aliphatic rings. The van der Waals surface area contributed by atoms with Crippen LogP contribution >= 0.6 is 0 Å². The fourth-order valence-corrected chi connectivity index (χ4v) is 5.32. The topological polar surface area (TPSA) is 112 Å². The Morgan fingerprint density at radius 1 is 0.846 bits per heavy atom. The van der Waals surface area contributed by atoms with E-state index in [4.69, 9.17) is 18.9 Å². The molecule has 0 aromatic heterocycles.